The second-order valence-corrected chi connectivity index (χ2v) is 4.45. The number of nitrogens with one attached hydrogen (secondary N) is 2. The van der Waals surface area contributed by atoms with Crippen LogP contribution in [-0.2, 0) is 6.54 Å². The van der Waals surface area contributed by atoms with E-state index in [1.54, 1.807) is 12.5 Å². The van der Waals surface area contributed by atoms with Gasteiger partial charge in [0.15, 0.2) is 18.6 Å². The summed E-state index contributed by atoms with van der Waals surface area (Å²) in [5, 5.41) is 3.26. The van der Waals surface area contributed by atoms with Crippen LogP contribution in [0.15, 0.2) is 53.7 Å². The van der Waals surface area contributed by atoms with Crippen LogP contribution < -0.4 is 9.88 Å². The minimum atomic E-state index is 0.818. The molecule has 0 radical (unpaired) electrons. The van der Waals surface area contributed by atoms with Crippen molar-refractivity contribution >= 4 is 17.6 Å². The molecule has 0 aliphatic carbocycles. The number of aliphatic imine (C=N–C) groups is 1. The van der Waals surface area contributed by atoms with Crippen LogP contribution >= 0.6 is 0 Å². The van der Waals surface area contributed by atoms with Gasteiger partial charge in [0.2, 0.25) is 5.69 Å². The Hall–Kier alpha value is -2.69. The summed E-state index contributed by atoms with van der Waals surface area (Å²) in [7, 11) is 0. The lowest BCUT2D eigenvalue weighted by Crippen LogP contribution is -2.38. The van der Waals surface area contributed by atoms with Gasteiger partial charge in [0.25, 0.3) is 0 Å². The van der Waals surface area contributed by atoms with Crippen LogP contribution in [0.25, 0.3) is 5.57 Å². The minimum absolute atomic E-state index is 0.818. The topological polar surface area (TPSA) is 57.0 Å². The predicted molar refractivity (Wildman–Crippen MR) is 72.5 cm³/mol. The number of anilines is 1. The number of aromatic nitrogens is 3. The van der Waals surface area contributed by atoms with E-state index in [2.05, 4.69) is 49.3 Å². The quantitative estimate of drug-likeness (QED) is 0.696. The van der Waals surface area contributed by atoms with Crippen molar-refractivity contribution in [2.75, 3.05) is 5.32 Å². The Morgan fingerprint density at radius 3 is 3.26 bits per heavy atom. The lowest BCUT2D eigenvalue weighted by atomic mass is 10.1. The van der Waals surface area contributed by atoms with Gasteiger partial charge in [0, 0.05) is 12.1 Å². The molecule has 92 valence electrons. The molecule has 5 nitrogen and oxygen atoms in total. The fourth-order valence-corrected chi connectivity index (χ4v) is 2.36. The van der Waals surface area contributed by atoms with E-state index in [0.717, 1.165) is 35.1 Å². The molecule has 0 aromatic carbocycles. The highest BCUT2D eigenvalue weighted by molar-refractivity contribution is 5.90. The number of rotatable bonds is 0. The van der Waals surface area contributed by atoms with Crippen LogP contribution in [0.2, 0.25) is 0 Å². The van der Waals surface area contributed by atoms with Crippen molar-refractivity contribution in [1.29, 1.82) is 0 Å². The Morgan fingerprint density at radius 2 is 2.26 bits per heavy atom. The van der Waals surface area contributed by atoms with Crippen LogP contribution in [-0.4, -0.2) is 16.2 Å². The number of aromatic amines is 1. The third-order valence-electron chi connectivity index (χ3n) is 3.29. The predicted octanol–water partition coefficient (Wildman–Crippen LogP) is 1.48. The molecule has 5 heteroatoms. The average Bonchev–Trinajstić information content (AvgIpc) is 2.94. The van der Waals surface area contributed by atoms with Gasteiger partial charge in [-0.25, -0.2) is 9.98 Å². The maximum absolute atomic E-state index is 4.47. The molecule has 4 rings (SSSR count). The highest BCUT2D eigenvalue weighted by Gasteiger charge is 2.22. The Morgan fingerprint density at radius 1 is 1.26 bits per heavy atom. The largest absolute Gasteiger partial charge is 0.342 e. The first-order valence-corrected chi connectivity index (χ1v) is 6.16. The number of imidazole rings is 1. The Kier molecular flexibility index (Phi) is 2.11. The highest BCUT2D eigenvalue weighted by Crippen LogP contribution is 2.25. The lowest BCUT2D eigenvalue weighted by Gasteiger charge is -2.14. The van der Waals surface area contributed by atoms with Gasteiger partial charge in [-0.1, -0.05) is 0 Å². The molecule has 0 saturated heterocycles. The zero-order chi connectivity index (χ0) is 12.7. The van der Waals surface area contributed by atoms with Gasteiger partial charge in [0.05, 0.1) is 18.1 Å². The summed E-state index contributed by atoms with van der Waals surface area (Å²) in [5.41, 5.74) is 3.14. The molecule has 0 amide bonds. The van der Waals surface area contributed by atoms with Gasteiger partial charge >= 0.3 is 0 Å². The number of pyridine rings is 1. The number of nitrogens with zero attached hydrogens (tertiary/aromatic N) is 3. The number of H-pyrrole nitrogens is 1. The molecule has 19 heavy (non-hydrogen) atoms. The lowest BCUT2D eigenvalue weighted by molar-refractivity contribution is -0.690. The molecular formula is C14H12N5+. The fraction of sp³-hybridized carbons (Fsp3) is 0.0714. The highest BCUT2D eigenvalue weighted by atomic mass is 15.2. The number of hydrogen-bond donors (Lipinski definition) is 2. The molecule has 2 N–H and O–H groups in total. The van der Waals surface area contributed by atoms with Crippen LogP contribution in [0.5, 0.6) is 0 Å². The molecule has 4 heterocycles. The summed E-state index contributed by atoms with van der Waals surface area (Å²) in [6.07, 6.45) is 9.78. The first-order valence-electron chi connectivity index (χ1n) is 6.16. The van der Waals surface area contributed by atoms with E-state index in [-0.39, 0.29) is 0 Å². The van der Waals surface area contributed by atoms with Crippen molar-refractivity contribution in [2.24, 2.45) is 4.99 Å². The van der Waals surface area contributed by atoms with E-state index < -0.39 is 0 Å². The number of allylic oxidation sites excluding steroid dienone is 3. The second kappa shape index (κ2) is 3.91. The van der Waals surface area contributed by atoms with E-state index in [1.807, 2.05) is 12.1 Å². The molecule has 2 aliphatic rings. The number of hydrogen-bond acceptors (Lipinski definition) is 3. The molecule has 0 atom stereocenters. The van der Waals surface area contributed by atoms with Crippen molar-refractivity contribution in [3.05, 3.63) is 60.1 Å². The zero-order valence-corrected chi connectivity index (χ0v) is 10.2. The molecule has 0 fully saturated rings. The summed E-state index contributed by atoms with van der Waals surface area (Å²) in [6, 6.07) is 6.18. The summed E-state index contributed by atoms with van der Waals surface area (Å²) < 4.78 is 2.19. The first-order chi connectivity index (χ1) is 9.42. The summed E-state index contributed by atoms with van der Waals surface area (Å²) in [4.78, 5) is 11.7. The maximum atomic E-state index is 4.47. The van der Waals surface area contributed by atoms with Gasteiger partial charge in [-0.3, -0.25) is 0 Å². The molecule has 0 unspecified atom stereocenters. The van der Waals surface area contributed by atoms with Crippen LogP contribution in [0.4, 0.5) is 5.82 Å². The van der Waals surface area contributed by atoms with Crippen LogP contribution in [0.3, 0.4) is 0 Å². The van der Waals surface area contributed by atoms with E-state index in [0.29, 0.717) is 0 Å². The monoisotopic (exact) mass is 250 g/mol. The Bertz CT molecular complexity index is 736. The number of fused-ring (bicyclic) bond motifs is 2. The van der Waals surface area contributed by atoms with E-state index in [9.17, 15) is 0 Å². The third kappa shape index (κ3) is 1.59. The van der Waals surface area contributed by atoms with Gasteiger partial charge in [0.1, 0.15) is 11.5 Å². The van der Waals surface area contributed by atoms with E-state index in [1.165, 1.54) is 0 Å². The third-order valence-corrected chi connectivity index (χ3v) is 3.29. The molecule has 2 aromatic rings. The van der Waals surface area contributed by atoms with Crippen molar-refractivity contribution in [1.82, 2.24) is 9.97 Å². The molecule has 0 bridgehead atoms. The summed E-state index contributed by atoms with van der Waals surface area (Å²) >= 11 is 0. The normalized spacial score (nSPS) is 19.8. The van der Waals surface area contributed by atoms with Crippen molar-refractivity contribution < 1.29 is 4.57 Å². The standard InChI is InChI=1S/C14H11N5/c1-2-6-19-7-3-4-10(12(19)5-1)13-15-8-11-14(18-13)17-9-16-11/h1-6,8-9H,7H2,(H,15,16,17,18)/p+1. The van der Waals surface area contributed by atoms with Crippen LogP contribution in [0, 0.1) is 0 Å². The molecule has 0 saturated carbocycles. The zero-order valence-electron chi connectivity index (χ0n) is 10.2. The fourth-order valence-electron chi connectivity index (χ4n) is 2.36. The van der Waals surface area contributed by atoms with Gasteiger partial charge < -0.3 is 10.3 Å². The molecular weight excluding hydrogens is 238 g/mol. The minimum Gasteiger partial charge on any atom is -0.342 e. The summed E-state index contributed by atoms with van der Waals surface area (Å²) in [5.74, 6) is 1.65. The van der Waals surface area contributed by atoms with Crippen molar-refractivity contribution in [3.63, 3.8) is 0 Å². The molecule has 2 aliphatic heterocycles. The van der Waals surface area contributed by atoms with E-state index >= 15 is 0 Å². The Labute approximate surface area is 110 Å². The first kappa shape index (κ1) is 10.3. The SMILES string of the molecule is C1=CC(=C2N=Cc3[nH]cnc3N2)c2cccc[n+]2C1. The maximum Gasteiger partial charge on any atom is 0.216 e. The van der Waals surface area contributed by atoms with Crippen molar-refractivity contribution in [3.8, 4) is 0 Å². The van der Waals surface area contributed by atoms with Crippen LogP contribution in [0.1, 0.15) is 11.4 Å². The van der Waals surface area contributed by atoms with Crippen molar-refractivity contribution in [2.45, 2.75) is 6.54 Å². The van der Waals surface area contributed by atoms with E-state index in [4.69, 9.17) is 0 Å². The molecule has 0 spiro atoms. The second-order valence-electron chi connectivity index (χ2n) is 4.45. The van der Waals surface area contributed by atoms with Gasteiger partial charge in [-0.15, -0.1) is 0 Å². The smallest absolute Gasteiger partial charge is 0.216 e. The van der Waals surface area contributed by atoms with Gasteiger partial charge in [-0.05, 0) is 18.2 Å². The summed E-state index contributed by atoms with van der Waals surface area (Å²) in [6.45, 7) is 0.893. The van der Waals surface area contributed by atoms with Gasteiger partial charge in [-0.2, -0.15) is 4.57 Å². The average molecular weight is 250 g/mol. The Balaban J connectivity index is 1.86. The molecule has 2 aromatic heterocycles.